The van der Waals surface area contributed by atoms with Gasteiger partial charge in [0.05, 0.1) is 5.60 Å². The van der Waals surface area contributed by atoms with E-state index in [0.717, 1.165) is 25.7 Å². The first-order valence-corrected chi connectivity index (χ1v) is 5.97. The molecule has 0 unspecified atom stereocenters. The molecule has 0 spiro atoms. The summed E-state index contributed by atoms with van der Waals surface area (Å²) in [7, 11) is 0. The number of carboxylic acids is 1. The van der Waals surface area contributed by atoms with E-state index in [4.69, 9.17) is 10.8 Å². The van der Waals surface area contributed by atoms with Crippen molar-refractivity contribution in [3.05, 3.63) is 0 Å². The highest BCUT2D eigenvalue weighted by Gasteiger charge is 2.31. The highest BCUT2D eigenvalue weighted by atomic mass is 32.2. The number of aliphatic hydroxyl groups is 1. The maximum Gasteiger partial charge on any atom is 0.321 e. The molecule has 0 aromatic carbocycles. The Labute approximate surface area is 87.9 Å². The van der Waals surface area contributed by atoms with E-state index in [2.05, 4.69) is 0 Å². The van der Waals surface area contributed by atoms with Gasteiger partial charge in [0.1, 0.15) is 6.04 Å². The molecule has 1 saturated carbocycles. The summed E-state index contributed by atoms with van der Waals surface area (Å²) in [6.45, 7) is 0. The fourth-order valence-electron chi connectivity index (χ4n) is 1.62. The van der Waals surface area contributed by atoms with Crippen LogP contribution in [0.2, 0.25) is 0 Å². The fourth-order valence-corrected chi connectivity index (χ4v) is 2.81. The third-order valence-electron chi connectivity index (χ3n) is 2.52. The Morgan fingerprint density at radius 2 is 2.07 bits per heavy atom. The Balaban J connectivity index is 2.17. The second-order valence-corrected chi connectivity index (χ2v) is 4.92. The predicted molar refractivity (Wildman–Crippen MR) is 56.4 cm³/mol. The molecule has 0 saturated heterocycles. The van der Waals surface area contributed by atoms with E-state index in [-0.39, 0.29) is 0 Å². The van der Waals surface area contributed by atoms with E-state index in [1.54, 1.807) is 0 Å². The van der Waals surface area contributed by atoms with Gasteiger partial charge in [0.15, 0.2) is 0 Å². The average Bonchev–Trinajstić information content (AvgIpc) is 2.52. The number of hydrogen-bond acceptors (Lipinski definition) is 4. The first kappa shape index (κ1) is 11.8. The quantitative estimate of drug-likeness (QED) is 0.625. The van der Waals surface area contributed by atoms with Gasteiger partial charge in [-0.3, -0.25) is 4.79 Å². The summed E-state index contributed by atoms with van der Waals surface area (Å²) in [5, 5.41) is 18.5. The summed E-state index contributed by atoms with van der Waals surface area (Å²) in [6, 6.07) is -0.815. The topological polar surface area (TPSA) is 83.5 Å². The van der Waals surface area contributed by atoms with Crippen molar-refractivity contribution in [2.45, 2.75) is 37.3 Å². The zero-order valence-electron chi connectivity index (χ0n) is 8.11. The molecular formula is C9H17NO3S. The van der Waals surface area contributed by atoms with Gasteiger partial charge in [-0.1, -0.05) is 12.8 Å². The van der Waals surface area contributed by atoms with E-state index in [9.17, 15) is 9.90 Å². The third-order valence-corrected chi connectivity index (χ3v) is 3.86. The maximum absolute atomic E-state index is 10.4. The Kier molecular flexibility index (Phi) is 4.22. The van der Waals surface area contributed by atoms with E-state index in [1.165, 1.54) is 11.8 Å². The summed E-state index contributed by atoms with van der Waals surface area (Å²) in [5.74, 6) is 0.00179. The van der Waals surface area contributed by atoms with E-state index >= 15 is 0 Å². The predicted octanol–water partition coefficient (Wildman–Crippen LogP) is 0.437. The molecule has 5 heteroatoms. The van der Waals surface area contributed by atoms with Crippen molar-refractivity contribution < 1.29 is 15.0 Å². The van der Waals surface area contributed by atoms with Crippen LogP contribution < -0.4 is 5.73 Å². The molecule has 1 aliphatic carbocycles. The molecule has 0 radical (unpaired) electrons. The number of hydrogen-bond donors (Lipinski definition) is 3. The van der Waals surface area contributed by atoms with Gasteiger partial charge in [-0.25, -0.2) is 0 Å². The number of rotatable bonds is 5. The lowest BCUT2D eigenvalue weighted by Crippen LogP contribution is -2.34. The van der Waals surface area contributed by atoms with Gasteiger partial charge in [0.2, 0.25) is 0 Å². The van der Waals surface area contributed by atoms with Crippen molar-refractivity contribution in [1.82, 2.24) is 0 Å². The van der Waals surface area contributed by atoms with Gasteiger partial charge < -0.3 is 15.9 Å². The van der Waals surface area contributed by atoms with Crippen LogP contribution in [-0.4, -0.2) is 39.3 Å². The van der Waals surface area contributed by atoms with Crippen molar-refractivity contribution in [3.63, 3.8) is 0 Å². The van der Waals surface area contributed by atoms with Gasteiger partial charge in [-0.2, -0.15) is 11.8 Å². The maximum atomic E-state index is 10.4. The van der Waals surface area contributed by atoms with Crippen LogP contribution in [0, 0.1) is 0 Å². The van der Waals surface area contributed by atoms with Crippen LogP contribution in [0.25, 0.3) is 0 Å². The first-order chi connectivity index (χ1) is 6.53. The van der Waals surface area contributed by atoms with E-state index in [0.29, 0.717) is 11.5 Å². The van der Waals surface area contributed by atoms with Crippen molar-refractivity contribution in [2.75, 3.05) is 11.5 Å². The lowest BCUT2D eigenvalue weighted by molar-refractivity contribution is -0.137. The molecule has 0 bridgehead atoms. The minimum absolute atomic E-state index is 0.373. The Morgan fingerprint density at radius 3 is 2.57 bits per heavy atom. The van der Waals surface area contributed by atoms with Gasteiger partial charge in [-0.15, -0.1) is 0 Å². The van der Waals surface area contributed by atoms with Crippen LogP contribution in [0.1, 0.15) is 25.7 Å². The molecular weight excluding hydrogens is 202 g/mol. The van der Waals surface area contributed by atoms with Crippen LogP contribution >= 0.6 is 11.8 Å². The first-order valence-electron chi connectivity index (χ1n) is 4.82. The fraction of sp³-hybridized carbons (Fsp3) is 0.889. The lowest BCUT2D eigenvalue weighted by Gasteiger charge is -2.21. The summed E-state index contributed by atoms with van der Waals surface area (Å²) in [4.78, 5) is 10.4. The zero-order valence-corrected chi connectivity index (χ0v) is 8.92. The largest absolute Gasteiger partial charge is 0.480 e. The molecule has 0 aromatic rings. The third kappa shape index (κ3) is 3.48. The summed E-state index contributed by atoms with van der Waals surface area (Å²) >= 11 is 1.43. The number of nitrogens with two attached hydrogens (primary N) is 1. The normalized spacial score (nSPS) is 22.1. The van der Waals surface area contributed by atoms with Gasteiger partial charge in [0, 0.05) is 11.5 Å². The molecule has 0 amide bonds. The number of carboxylic acid groups (broad SMARTS) is 1. The zero-order chi connectivity index (χ0) is 10.6. The van der Waals surface area contributed by atoms with Gasteiger partial charge in [-0.05, 0) is 12.8 Å². The highest BCUT2D eigenvalue weighted by Crippen LogP contribution is 2.32. The van der Waals surface area contributed by atoms with Crippen LogP contribution in [0.15, 0.2) is 0 Å². The van der Waals surface area contributed by atoms with Crippen LogP contribution in [0.4, 0.5) is 0 Å². The molecule has 0 aromatic heterocycles. The molecule has 0 aliphatic heterocycles. The average molecular weight is 219 g/mol. The molecule has 1 rings (SSSR count). The van der Waals surface area contributed by atoms with Crippen LogP contribution in [0.3, 0.4) is 0 Å². The molecule has 4 nitrogen and oxygen atoms in total. The summed E-state index contributed by atoms with van der Waals surface area (Å²) < 4.78 is 0. The Morgan fingerprint density at radius 1 is 1.50 bits per heavy atom. The molecule has 4 N–H and O–H groups in total. The SMILES string of the molecule is N[C@@H](CSCC1(O)CCCC1)C(=O)O. The molecule has 82 valence electrons. The second kappa shape index (κ2) is 5.00. The Bertz CT molecular complexity index is 204. The number of aliphatic carboxylic acids is 1. The van der Waals surface area contributed by atoms with Crippen molar-refractivity contribution in [2.24, 2.45) is 5.73 Å². The van der Waals surface area contributed by atoms with Gasteiger partial charge >= 0.3 is 5.97 Å². The number of carbonyl (C=O) groups is 1. The molecule has 1 aliphatic rings. The number of thioether (sulfide) groups is 1. The van der Waals surface area contributed by atoms with E-state index in [1.807, 2.05) is 0 Å². The summed E-state index contributed by atoms with van der Waals surface area (Å²) in [5.41, 5.74) is 4.78. The monoisotopic (exact) mass is 219 g/mol. The molecule has 1 fully saturated rings. The minimum Gasteiger partial charge on any atom is -0.480 e. The minimum atomic E-state index is -0.976. The highest BCUT2D eigenvalue weighted by molar-refractivity contribution is 7.99. The smallest absolute Gasteiger partial charge is 0.321 e. The molecule has 0 heterocycles. The van der Waals surface area contributed by atoms with Crippen molar-refractivity contribution in [1.29, 1.82) is 0 Å². The van der Waals surface area contributed by atoms with Crippen LogP contribution in [-0.2, 0) is 4.79 Å². The molecule has 14 heavy (non-hydrogen) atoms. The molecule has 1 atom stereocenters. The van der Waals surface area contributed by atoms with Crippen molar-refractivity contribution in [3.8, 4) is 0 Å². The van der Waals surface area contributed by atoms with E-state index < -0.39 is 17.6 Å². The van der Waals surface area contributed by atoms with Crippen LogP contribution in [0.5, 0.6) is 0 Å². The summed E-state index contributed by atoms with van der Waals surface area (Å²) in [6.07, 6.45) is 3.81. The van der Waals surface area contributed by atoms with Gasteiger partial charge in [0.25, 0.3) is 0 Å². The lowest BCUT2D eigenvalue weighted by atomic mass is 10.1. The standard InChI is InChI=1S/C9H17NO3S/c10-7(8(11)12)5-14-6-9(13)3-1-2-4-9/h7,13H,1-6,10H2,(H,11,12)/t7-/m0/s1. The Hall–Kier alpha value is -0.260. The van der Waals surface area contributed by atoms with Crippen molar-refractivity contribution >= 4 is 17.7 Å². The second-order valence-electron chi connectivity index (χ2n) is 3.89.